The lowest BCUT2D eigenvalue weighted by molar-refractivity contribution is 0.457. The number of thioether (sulfide) groups is 1. The van der Waals surface area contributed by atoms with Gasteiger partial charge in [-0.15, -0.1) is 11.3 Å². The second-order valence-electron chi connectivity index (χ2n) is 7.81. The average Bonchev–Trinajstić information content (AvgIpc) is 3.35. The van der Waals surface area contributed by atoms with Gasteiger partial charge in [0.15, 0.2) is 5.16 Å². The first kappa shape index (κ1) is 18.7. The van der Waals surface area contributed by atoms with Gasteiger partial charge in [0.25, 0.3) is 5.56 Å². The van der Waals surface area contributed by atoms with E-state index >= 15 is 0 Å². The van der Waals surface area contributed by atoms with Gasteiger partial charge in [-0.1, -0.05) is 48.3 Å². The number of rotatable bonds is 4. The van der Waals surface area contributed by atoms with Crippen molar-refractivity contribution in [2.75, 3.05) is 0 Å². The smallest absolute Gasteiger partial charge is 0.263 e. The largest absolute Gasteiger partial charge is 0.284 e. The summed E-state index contributed by atoms with van der Waals surface area (Å²) in [5.41, 5.74) is 2.70. The fraction of sp³-hybridized carbons (Fsp3) is 0.455. The van der Waals surface area contributed by atoms with Crippen molar-refractivity contribution in [2.24, 2.45) is 0 Å². The molecule has 0 radical (unpaired) electrons. The van der Waals surface area contributed by atoms with E-state index in [4.69, 9.17) is 16.6 Å². The molecule has 2 aliphatic carbocycles. The van der Waals surface area contributed by atoms with Gasteiger partial charge in [-0.3, -0.25) is 9.36 Å². The van der Waals surface area contributed by atoms with E-state index in [0.29, 0.717) is 6.04 Å². The maximum Gasteiger partial charge on any atom is 0.263 e. The Kier molecular flexibility index (Phi) is 5.24. The minimum atomic E-state index is 0.204. The fourth-order valence-electron chi connectivity index (χ4n) is 4.51. The zero-order valence-corrected chi connectivity index (χ0v) is 18.1. The molecule has 1 saturated carbocycles. The highest BCUT2D eigenvalue weighted by Gasteiger charge is 2.26. The summed E-state index contributed by atoms with van der Waals surface area (Å²) >= 11 is 9.44. The number of benzene rings is 1. The quantitative estimate of drug-likeness (QED) is 0.355. The molecule has 28 heavy (non-hydrogen) atoms. The molecule has 1 aromatic carbocycles. The normalized spacial score (nSPS) is 17.3. The summed E-state index contributed by atoms with van der Waals surface area (Å²) in [6.45, 7) is 0. The summed E-state index contributed by atoms with van der Waals surface area (Å²) in [5.74, 6) is 0.799. The molecule has 0 saturated heterocycles. The summed E-state index contributed by atoms with van der Waals surface area (Å²) in [4.78, 5) is 21.0. The number of thiophene rings is 1. The number of halogens is 1. The van der Waals surface area contributed by atoms with Gasteiger partial charge in [0.05, 0.1) is 5.39 Å². The third-order valence-corrected chi connectivity index (χ3v) is 8.42. The maximum atomic E-state index is 13.6. The Morgan fingerprint density at radius 1 is 1.11 bits per heavy atom. The molecule has 0 amide bonds. The molecule has 2 aromatic heterocycles. The van der Waals surface area contributed by atoms with Gasteiger partial charge in [0.1, 0.15) is 4.83 Å². The number of nitrogens with zero attached hydrogens (tertiary/aromatic N) is 2. The van der Waals surface area contributed by atoms with E-state index in [1.807, 2.05) is 16.7 Å². The van der Waals surface area contributed by atoms with Crippen LogP contribution in [0, 0.1) is 0 Å². The van der Waals surface area contributed by atoms with Crippen molar-refractivity contribution < 1.29 is 0 Å². The number of aryl methyl sites for hydroxylation is 2. The van der Waals surface area contributed by atoms with Crippen molar-refractivity contribution >= 4 is 44.9 Å². The molecular formula is C22H23ClN2OS2. The molecule has 0 spiro atoms. The maximum absolute atomic E-state index is 13.6. The molecular weight excluding hydrogens is 408 g/mol. The van der Waals surface area contributed by atoms with Crippen molar-refractivity contribution in [3.8, 4) is 0 Å². The van der Waals surface area contributed by atoms with E-state index < -0.39 is 0 Å². The Bertz CT molecular complexity index is 1060. The number of hydrogen-bond donors (Lipinski definition) is 0. The number of aromatic nitrogens is 2. The van der Waals surface area contributed by atoms with Crippen LogP contribution in [0.25, 0.3) is 10.2 Å². The highest BCUT2D eigenvalue weighted by molar-refractivity contribution is 7.98. The first-order valence-electron chi connectivity index (χ1n) is 10.1. The van der Waals surface area contributed by atoms with Gasteiger partial charge in [0.2, 0.25) is 0 Å². The van der Waals surface area contributed by atoms with E-state index in [0.717, 1.165) is 51.8 Å². The zero-order valence-electron chi connectivity index (χ0n) is 15.7. The summed E-state index contributed by atoms with van der Waals surface area (Å²) < 4.78 is 2.04. The van der Waals surface area contributed by atoms with Crippen LogP contribution in [0.2, 0.25) is 5.02 Å². The molecule has 2 heterocycles. The first-order valence-corrected chi connectivity index (χ1v) is 12.3. The van der Waals surface area contributed by atoms with Crippen LogP contribution >= 0.6 is 34.7 Å². The lowest BCUT2D eigenvalue weighted by Gasteiger charge is -2.18. The lowest BCUT2D eigenvalue weighted by Crippen LogP contribution is -2.26. The van der Waals surface area contributed by atoms with Gasteiger partial charge in [0, 0.05) is 21.7 Å². The fourth-order valence-corrected chi connectivity index (χ4v) is 6.96. The van der Waals surface area contributed by atoms with Gasteiger partial charge >= 0.3 is 0 Å². The predicted molar refractivity (Wildman–Crippen MR) is 119 cm³/mol. The van der Waals surface area contributed by atoms with Crippen LogP contribution in [-0.4, -0.2) is 9.55 Å². The Hall–Kier alpha value is -1.30. The second-order valence-corrected chi connectivity index (χ2v) is 10.3. The van der Waals surface area contributed by atoms with E-state index in [2.05, 4.69) is 12.1 Å². The molecule has 2 aliphatic rings. The Morgan fingerprint density at radius 2 is 1.86 bits per heavy atom. The summed E-state index contributed by atoms with van der Waals surface area (Å²) in [6.07, 6.45) is 9.16. The number of hydrogen-bond acceptors (Lipinski definition) is 4. The molecule has 0 aliphatic heterocycles. The van der Waals surface area contributed by atoms with Gasteiger partial charge in [-0.2, -0.15) is 0 Å². The minimum absolute atomic E-state index is 0.204. The summed E-state index contributed by atoms with van der Waals surface area (Å²) in [7, 11) is 0. The molecule has 3 nitrogen and oxygen atoms in total. The van der Waals surface area contributed by atoms with Gasteiger partial charge < -0.3 is 0 Å². The van der Waals surface area contributed by atoms with Crippen LogP contribution < -0.4 is 5.56 Å². The van der Waals surface area contributed by atoms with Crippen LogP contribution in [0.15, 0.2) is 34.2 Å². The molecule has 6 heteroatoms. The van der Waals surface area contributed by atoms with Crippen LogP contribution in [0.4, 0.5) is 0 Å². The zero-order chi connectivity index (χ0) is 19.1. The predicted octanol–water partition coefficient (Wildman–Crippen LogP) is 6.40. The number of fused-ring (bicyclic) bond motifs is 3. The van der Waals surface area contributed by atoms with Gasteiger partial charge in [-0.25, -0.2) is 4.98 Å². The lowest BCUT2D eigenvalue weighted by atomic mass is 9.97. The van der Waals surface area contributed by atoms with Crippen molar-refractivity contribution in [3.05, 3.63) is 55.6 Å². The Morgan fingerprint density at radius 3 is 2.64 bits per heavy atom. The topological polar surface area (TPSA) is 34.9 Å². The van der Waals surface area contributed by atoms with Crippen molar-refractivity contribution in [2.45, 2.75) is 68.3 Å². The van der Waals surface area contributed by atoms with E-state index in [-0.39, 0.29) is 5.56 Å². The van der Waals surface area contributed by atoms with Crippen LogP contribution in [0.5, 0.6) is 0 Å². The molecule has 1 fully saturated rings. The molecule has 5 rings (SSSR count). The highest BCUT2D eigenvalue weighted by Crippen LogP contribution is 2.37. The summed E-state index contributed by atoms with van der Waals surface area (Å²) in [6, 6.07) is 8.25. The monoisotopic (exact) mass is 430 g/mol. The van der Waals surface area contributed by atoms with Crippen molar-refractivity contribution in [3.63, 3.8) is 0 Å². The molecule has 0 N–H and O–H groups in total. The standard InChI is InChI=1S/C22H23ClN2OS2/c23-15-11-9-14(10-12-15)13-27-22-24-20-19(17-7-3-4-8-18(17)28-20)21(26)25(22)16-5-1-2-6-16/h9-12,16H,1-8,13H2. The summed E-state index contributed by atoms with van der Waals surface area (Å²) in [5, 5.41) is 2.56. The van der Waals surface area contributed by atoms with Gasteiger partial charge in [-0.05, 0) is 61.8 Å². The van der Waals surface area contributed by atoms with Crippen LogP contribution in [0.3, 0.4) is 0 Å². The van der Waals surface area contributed by atoms with E-state index in [9.17, 15) is 4.79 Å². The van der Waals surface area contributed by atoms with Crippen molar-refractivity contribution in [1.82, 2.24) is 9.55 Å². The van der Waals surface area contributed by atoms with E-state index in [1.165, 1.54) is 41.7 Å². The molecule has 0 bridgehead atoms. The molecule has 146 valence electrons. The Balaban J connectivity index is 1.58. The molecule has 0 unspecified atom stereocenters. The van der Waals surface area contributed by atoms with E-state index in [1.54, 1.807) is 23.1 Å². The average molecular weight is 431 g/mol. The third kappa shape index (κ3) is 3.42. The van der Waals surface area contributed by atoms with Crippen molar-refractivity contribution in [1.29, 1.82) is 0 Å². The minimum Gasteiger partial charge on any atom is -0.284 e. The highest BCUT2D eigenvalue weighted by atomic mass is 35.5. The molecule has 0 atom stereocenters. The Labute approximate surface area is 178 Å². The second kappa shape index (κ2) is 7.85. The molecule has 3 aromatic rings. The van der Waals surface area contributed by atoms with Crippen LogP contribution in [-0.2, 0) is 18.6 Å². The SMILES string of the molecule is O=c1c2c3c(sc2nc(SCc2ccc(Cl)cc2)n1C1CCCC1)CCCC3. The third-order valence-electron chi connectivity index (χ3n) is 5.96. The van der Waals surface area contributed by atoms with Crippen LogP contribution in [0.1, 0.15) is 60.6 Å². The first-order chi connectivity index (χ1) is 13.7.